The van der Waals surface area contributed by atoms with Crippen LogP contribution in [0.2, 0.25) is 10.0 Å². The fourth-order valence-electron chi connectivity index (χ4n) is 2.18. The Balaban J connectivity index is 2.40. The summed E-state index contributed by atoms with van der Waals surface area (Å²) in [4.78, 5) is 24.0. The topological polar surface area (TPSA) is 67.4 Å². The lowest BCUT2D eigenvalue weighted by Gasteiger charge is -2.28. The summed E-state index contributed by atoms with van der Waals surface area (Å²) < 4.78 is 5.19. The van der Waals surface area contributed by atoms with Gasteiger partial charge in [0, 0.05) is 5.70 Å². The molecule has 0 spiro atoms. The van der Waals surface area contributed by atoms with Crippen molar-refractivity contribution >= 4 is 35.2 Å². The van der Waals surface area contributed by atoms with Crippen LogP contribution in [0, 0.1) is 0 Å². The number of amides is 2. The Morgan fingerprint density at radius 1 is 1.32 bits per heavy atom. The van der Waals surface area contributed by atoms with Crippen LogP contribution in [0.25, 0.3) is 0 Å². The van der Waals surface area contributed by atoms with Crippen molar-refractivity contribution < 1.29 is 14.3 Å². The second kappa shape index (κ2) is 7.03. The van der Waals surface area contributed by atoms with Gasteiger partial charge in [-0.1, -0.05) is 36.2 Å². The van der Waals surface area contributed by atoms with Crippen molar-refractivity contribution in [2.24, 2.45) is 0 Å². The number of benzene rings is 1. The minimum absolute atomic E-state index is 0.317. The Labute approximate surface area is 138 Å². The first kappa shape index (κ1) is 16.6. The molecule has 0 saturated heterocycles. The molecule has 5 nitrogen and oxygen atoms in total. The number of hydrogen-bond acceptors (Lipinski definition) is 3. The third-order valence-electron chi connectivity index (χ3n) is 3.20. The number of esters is 1. The number of carbonyl (C=O) groups excluding carboxylic acids is 2. The Hall–Kier alpha value is -1.72. The highest BCUT2D eigenvalue weighted by Gasteiger charge is 2.32. The highest BCUT2D eigenvalue weighted by atomic mass is 35.5. The number of carbonyl (C=O) groups is 2. The maximum Gasteiger partial charge on any atom is 0.338 e. The zero-order chi connectivity index (χ0) is 16.3. The molecular weight excluding hydrogens is 327 g/mol. The molecule has 0 saturated carbocycles. The molecule has 2 N–H and O–H groups in total. The van der Waals surface area contributed by atoms with E-state index in [1.807, 2.05) is 6.92 Å². The third kappa shape index (κ3) is 3.54. The first-order valence-corrected chi connectivity index (χ1v) is 7.60. The Kier molecular flexibility index (Phi) is 5.32. The average Bonchev–Trinajstić information content (AvgIpc) is 2.46. The Morgan fingerprint density at radius 2 is 2.05 bits per heavy atom. The molecule has 2 rings (SSSR count). The second-order valence-electron chi connectivity index (χ2n) is 4.88. The van der Waals surface area contributed by atoms with Crippen LogP contribution in [0.3, 0.4) is 0 Å². The van der Waals surface area contributed by atoms with Gasteiger partial charge in [0.25, 0.3) is 0 Å². The molecule has 0 fully saturated rings. The van der Waals surface area contributed by atoms with E-state index in [2.05, 4.69) is 10.6 Å². The van der Waals surface area contributed by atoms with E-state index in [1.165, 1.54) is 0 Å². The minimum atomic E-state index is -0.632. The maximum absolute atomic E-state index is 12.3. The van der Waals surface area contributed by atoms with Gasteiger partial charge in [-0.05, 0) is 31.0 Å². The van der Waals surface area contributed by atoms with Crippen LogP contribution in [0.4, 0.5) is 4.79 Å². The Morgan fingerprint density at radius 3 is 2.68 bits per heavy atom. The quantitative estimate of drug-likeness (QED) is 0.822. The largest absolute Gasteiger partial charge is 0.462 e. The molecule has 1 aliphatic rings. The molecule has 1 aromatic rings. The van der Waals surface area contributed by atoms with E-state index in [4.69, 9.17) is 27.9 Å². The summed E-state index contributed by atoms with van der Waals surface area (Å²) in [6, 6.07) is 3.94. The highest BCUT2D eigenvalue weighted by molar-refractivity contribution is 6.42. The molecular formula is C15H16Cl2N2O3. The van der Waals surface area contributed by atoms with Gasteiger partial charge in [0.15, 0.2) is 0 Å². The lowest BCUT2D eigenvalue weighted by Crippen LogP contribution is -2.45. The molecule has 0 aromatic heterocycles. The predicted molar refractivity (Wildman–Crippen MR) is 84.8 cm³/mol. The molecule has 2 amide bonds. The van der Waals surface area contributed by atoms with E-state index in [0.717, 1.165) is 6.42 Å². The standard InChI is InChI=1S/C15H16Cl2N2O3/c1-3-6-22-14(20)12-8(2)18-15(21)19-13(12)9-4-5-10(16)11(17)7-9/h4-5,7,13H,3,6H2,1-2H3,(H2,18,19,21)/t13-/m0/s1. The SMILES string of the molecule is CCCOC(=O)C1=C(C)NC(=O)N[C@H]1c1ccc(Cl)c(Cl)c1. The smallest absolute Gasteiger partial charge is 0.338 e. The molecule has 0 unspecified atom stereocenters. The fraction of sp³-hybridized carbons (Fsp3) is 0.333. The zero-order valence-electron chi connectivity index (χ0n) is 12.2. The molecule has 7 heteroatoms. The van der Waals surface area contributed by atoms with Gasteiger partial charge >= 0.3 is 12.0 Å². The van der Waals surface area contributed by atoms with E-state index in [9.17, 15) is 9.59 Å². The zero-order valence-corrected chi connectivity index (χ0v) is 13.7. The van der Waals surface area contributed by atoms with E-state index < -0.39 is 12.0 Å². The summed E-state index contributed by atoms with van der Waals surface area (Å²) in [6.07, 6.45) is 0.718. The molecule has 0 aliphatic carbocycles. The molecule has 22 heavy (non-hydrogen) atoms. The number of ether oxygens (including phenoxy) is 1. The van der Waals surface area contributed by atoms with Gasteiger partial charge in [-0.3, -0.25) is 0 Å². The number of hydrogen-bond donors (Lipinski definition) is 2. The first-order chi connectivity index (χ1) is 10.4. The molecule has 1 aliphatic heterocycles. The van der Waals surface area contributed by atoms with Crippen LogP contribution >= 0.6 is 23.2 Å². The van der Waals surface area contributed by atoms with Crippen molar-refractivity contribution in [3.05, 3.63) is 45.1 Å². The molecule has 0 radical (unpaired) electrons. The number of nitrogens with one attached hydrogen (secondary N) is 2. The van der Waals surface area contributed by atoms with Crippen molar-refractivity contribution in [3.8, 4) is 0 Å². The van der Waals surface area contributed by atoms with Gasteiger partial charge in [-0.15, -0.1) is 0 Å². The summed E-state index contributed by atoms with van der Waals surface area (Å²) in [5.41, 5.74) is 1.47. The highest BCUT2D eigenvalue weighted by Crippen LogP contribution is 2.31. The molecule has 118 valence electrons. The van der Waals surface area contributed by atoms with Crippen molar-refractivity contribution in [3.63, 3.8) is 0 Å². The van der Waals surface area contributed by atoms with Gasteiger partial charge in [-0.2, -0.15) is 0 Å². The minimum Gasteiger partial charge on any atom is -0.462 e. The van der Waals surface area contributed by atoms with Gasteiger partial charge in [0.1, 0.15) is 0 Å². The molecule has 1 atom stereocenters. The van der Waals surface area contributed by atoms with Crippen LogP contribution in [0.15, 0.2) is 29.5 Å². The molecule has 1 aromatic carbocycles. The maximum atomic E-state index is 12.3. The second-order valence-corrected chi connectivity index (χ2v) is 5.69. The van der Waals surface area contributed by atoms with E-state index in [0.29, 0.717) is 33.5 Å². The summed E-state index contributed by atoms with van der Waals surface area (Å²) in [6.45, 7) is 3.88. The van der Waals surface area contributed by atoms with Crippen molar-refractivity contribution in [1.29, 1.82) is 0 Å². The summed E-state index contributed by atoms with van der Waals surface area (Å²) in [5, 5.41) is 6.05. The van der Waals surface area contributed by atoms with E-state index in [-0.39, 0.29) is 6.03 Å². The van der Waals surface area contributed by atoms with Crippen molar-refractivity contribution in [2.45, 2.75) is 26.3 Å². The van der Waals surface area contributed by atoms with E-state index >= 15 is 0 Å². The van der Waals surface area contributed by atoms with Crippen LogP contribution in [-0.2, 0) is 9.53 Å². The number of halogens is 2. The summed E-state index contributed by atoms with van der Waals surface area (Å²) >= 11 is 11.9. The van der Waals surface area contributed by atoms with Gasteiger partial charge in [-0.25, -0.2) is 9.59 Å². The third-order valence-corrected chi connectivity index (χ3v) is 3.94. The van der Waals surface area contributed by atoms with Crippen LogP contribution in [0.1, 0.15) is 31.9 Å². The van der Waals surface area contributed by atoms with Crippen LogP contribution in [-0.4, -0.2) is 18.6 Å². The van der Waals surface area contributed by atoms with Gasteiger partial charge in [0.05, 0.1) is 28.3 Å². The number of rotatable bonds is 4. The summed E-state index contributed by atoms with van der Waals surface area (Å²) in [7, 11) is 0. The van der Waals surface area contributed by atoms with E-state index in [1.54, 1.807) is 25.1 Å². The monoisotopic (exact) mass is 342 g/mol. The van der Waals surface area contributed by atoms with Crippen LogP contribution < -0.4 is 10.6 Å². The average molecular weight is 343 g/mol. The lowest BCUT2D eigenvalue weighted by molar-refractivity contribution is -0.139. The number of urea groups is 1. The van der Waals surface area contributed by atoms with Gasteiger partial charge < -0.3 is 15.4 Å². The van der Waals surface area contributed by atoms with Crippen molar-refractivity contribution in [2.75, 3.05) is 6.61 Å². The first-order valence-electron chi connectivity index (χ1n) is 6.84. The Bertz CT molecular complexity index is 644. The normalized spacial score (nSPS) is 17.8. The fourth-order valence-corrected chi connectivity index (χ4v) is 2.49. The molecule has 1 heterocycles. The predicted octanol–water partition coefficient (Wildman–Crippen LogP) is 3.57. The molecule has 0 bridgehead atoms. The van der Waals surface area contributed by atoms with Crippen molar-refractivity contribution in [1.82, 2.24) is 10.6 Å². The number of allylic oxidation sites excluding steroid dienone is 1. The summed E-state index contributed by atoms with van der Waals surface area (Å²) in [5.74, 6) is -0.470. The van der Waals surface area contributed by atoms with Crippen LogP contribution in [0.5, 0.6) is 0 Å². The lowest BCUT2D eigenvalue weighted by atomic mass is 9.95. The van der Waals surface area contributed by atoms with Gasteiger partial charge in [0.2, 0.25) is 0 Å².